The highest BCUT2D eigenvalue weighted by Crippen LogP contribution is 2.30. The van der Waals surface area contributed by atoms with Gasteiger partial charge < -0.3 is 5.73 Å². The third-order valence-corrected chi connectivity index (χ3v) is 3.74. The highest BCUT2D eigenvalue weighted by atomic mass is 79.9. The van der Waals surface area contributed by atoms with Gasteiger partial charge in [0, 0.05) is 6.07 Å². The zero-order valence-electron chi connectivity index (χ0n) is 9.57. The first-order valence-corrected chi connectivity index (χ1v) is 6.63. The Morgan fingerprint density at radius 2 is 2.00 bits per heavy atom. The highest BCUT2D eigenvalue weighted by Gasteiger charge is 2.14. The maximum atomic E-state index is 13.5. The SMILES string of the molecule is Nc1nc2cc(F)c(Br)cc2n1-c1ccccc1Cl. The Morgan fingerprint density at radius 3 is 2.74 bits per heavy atom. The van der Waals surface area contributed by atoms with Crippen molar-refractivity contribution in [3.63, 3.8) is 0 Å². The van der Waals surface area contributed by atoms with E-state index in [4.69, 9.17) is 17.3 Å². The summed E-state index contributed by atoms with van der Waals surface area (Å²) in [4.78, 5) is 4.15. The number of aromatic nitrogens is 2. The lowest BCUT2D eigenvalue weighted by Gasteiger charge is -2.08. The lowest BCUT2D eigenvalue weighted by molar-refractivity contribution is 0.623. The number of hydrogen-bond acceptors (Lipinski definition) is 2. The van der Waals surface area contributed by atoms with E-state index in [2.05, 4.69) is 20.9 Å². The Bertz CT molecular complexity index is 785. The van der Waals surface area contributed by atoms with Gasteiger partial charge in [0.05, 0.1) is 26.2 Å². The molecule has 0 aliphatic rings. The van der Waals surface area contributed by atoms with E-state index in [1.165, 1.54) is 6.07 Å². The fourth-order valence-corrected chi connectivity index (χ4v) is 2.53. The zero-order valence-corrected chi connectivity index (χ0v) is 11.9. The van der Waals surface area contributed by atoms with Crippen molar-refractivity contribution in [1.82, 2.24) is 9.55 Å². The van der Waals surface area contributed by atoms with E-state index in [9.17, 15) is 4.39 Å². The molecule has 0 aliphatic heterocycles. The van der Waals surface area contributed by atoms with Gasteiger partial charge in [-0.05, 0) is 34.1 Å². The molecule has 3 nitrogen and oxygen atoms in total. The van der Waals surface area contributed by atoms with Crippen LogP contribution >= 0.6 is 27.5 Å². The van der Waals surface area contributed by atoms with Gasteiger partial charge in [-0.3, -0.25) is 4.57 Å². The van der Waals surface area contributed by atoms with E-state index in [-0.39, 0.29) is 11.8 Å². The van der Waals surface area contributed by atoms with Crippen molar-refractivity contribution in [3.8, 4) is 5.69 Å². The van der Waals surface area contributed by atoms with Crippen molar-refractivity contribution in [2.24, 2.45) is 0 Å². The van der Waals surface area contributed by atoms with Crippen LogP contribution in [-0.2, 0) is 0 Å². The Labute approximate surface area is 121 Å². The molecule has 2 N–H and O–H groups in total. The van der Waals surface area contributed by atoms with Gasteiger partial charge in [0.25, 0.3) is 0 Å². The van der Waals surface area contributed by atoms with Crippen LogP contribution in [0.5, 0.6) is 0 Å². The van der Waals surface area contributed by atoms with Crippen LogP contribution in [0.3, 0.4) is 0 Å². The molecule has 0 amide bonds. The van der Waals surface area contributed by atoms with Crippen molar-refractivity contribution in [2.45, 2.75) is 0 Å². The molecule has 0 bridgehead atoms. The number of nitrogens with two attached hydrogens (primary N) is 1. The number of halogens is 3. The minimum Gasteiger partial charge on any atom is -0.369 e. The number of para-hydroxylation sites is 1. The van der Waals surface area contributed by atoms with Crippen molar-refractivity contribution in [1.29, 1.82) is 0 Å². The van der Waals surface area contributed by atoms with Crippen LogP contribution in [0.4, 0.5) is 10.3 Å². The van der Waals surface area contributed by atoms with Crippen LogP contribution in [0, 0.1) is 5.82 Å². The maximum absolute atomic E-state index is 13.5. The molecule has 6 heteroatoms. The number of hydrogen-bond donors (Lipinski definition) is 1. The fraction of sp³-hybridized carbons (Fsp3) is 0. The van der Waals surface area contributed by atoms with E-state index in [0.29, 0.717) is 26.2 Å². The second-order valence-corrected chi connectivity index (χ2v) is 5.27. The molecule has 2 aromatic carbocycles. The zero-order chi connectivity index (χ0) is 13.6. The summed E-state index contributed by atoms with van der Waals surface area (Å²) >= 11 is 9.33. The Balaban J connectivity index is 2.38. The number of nitrogen functional groups attached to an aromatic ring is 1. The number of benzene rings is 2. The molecule has 0 radical (unpaired) electrons. The van der Waals surface area contributed by atoms with E-state index < -0.39 is 0 Å². The summed E-state index contributed by atoms with van der Waals surface area (Å²) in [5, 5.41) is 0.550. The monoisotopic (exact) mass is 339 g/mol. The minimum absolute atomic E-state index is 0.264. The molecule has 0 saturated heterocycles. The van der Waals surface area contributed by atoms with E-state index in [1.807, 2.05) is 18.2 Å². The first-order chi connectivity index (χ1) is 9.08. The minimum atomic E-state index is -0.378. The van der Waals surface area contributed by atoms with Crippen molar-refractivity contribution < 1.29 is 4.39 Å². The van der Waals surface area contributed by atoms with Gasteiger partial charge in [-0.25, -0.2) is 9.37 Å². The second-order valence-electron chi connectivity index (χ2n) is 4.01. The van der Waals surface area contributed by atoms with Crippen LogP contribution < -0.4 is 5.73 Å². The molecule has 0 aliphatic carbocycles. The first-order valence-electron chi connectivity index (χ1n) is 5.46. The predicted octanol–water partition coefficient (Wildman–Crippen LogP) is 4.16. The molecule has 19 heavy (non-hydrogen) atoms. The number of nitrogens with zero attached hydrogens (tertiary/aromatic N) is 2. The molecule has 3 aromatic rings. The van der Waals surface area contributed by atoms with Gasteiger partial charge in [0.2, 0.25) is 5.95 Å². The van der Waals surface area contributed by atoms with Gasteiger partial charge in [-0.2, -0.15) is 0 Å². The van der Waals surface area contributed by atoms with Crippen molar-refractivity contribution in [2.75, 3.05) is 5.73 Å². The molecule has 96 valence electrons. The summed E-state index contributed by atoms with van der Waals surface area (Å²) in [5.74, 6) is -0.114. The molecule has 0 saturated carbocycles. The largest absolute Gasteiger partial charge is 0.369 e. The standard InChI is InChI=1S/C13H8BrClFN3/c14-7-5-12-10(6-9(7)16)18-13(17)19(12)11-4-2-1-3-8(11)15/h1-6H,(H2,17,18). The normalized spacial score (nSPS) is 11.1. The smallest absolute Gasteiger partial charge is 0.205 e. The molecular weight excluding hydrogens is 333 g/mol. The average Bonchev–Trinajstić information content (AvgIpc) is 2.66. The predicted molar refractivity (Wildman–Crippen MR) is 78.2 cm³/mol. The fourth-order valence-electron chi connectivity index (χ4n) is 1.98. The number of anilines is 1. The molecule has 1 aromatic heterocycles. The summed E-state index contributed by atoms with van der Waals surface area (Å²) in [6.07, 6.45) is 0. The van der Waals surface area contributed by atoms with Gasteiger partial charge in [0.15, 0.2) is 0 Å². The van der Waals surface area contributed by atoms with E-state index >= 15 is 0 Å². The number of rotatable bonds is 1. The lowest BCUT2D eigenvalue weighted by Crippen LogP contribution is -2.01. The Morgan fingerprint density at radius 1 is 1.26 bits per heavy atom. The van der Waals surface area contributed by atoms with Gasteiger partial charge in [-0.15, -0.1) is 0 Å². The topological polar surface area (TPSA) is 43.8 Å². The quantitative estimate of drug-likeness (QED) is 0.723. The van der Waals surface area contributed by atoms with Gasteiger partial charge in [-0.1, -0.05) is 23.7 Å². The summed E-state index contributed by atoms with van der Waals surface area (Å²) in [6.45, 7) is 0. The van der Waals surface area contributed by atoms with Crippen LogP contribution in [0.25, 0.3) is 16.7 Å². The lowest BCUT2D eigenvalue weighted by atomic mass is 10.2. The van der Waals surface area contributed by atoms with Crippen LogP contribution in [0.15, 0.2) is 40.9 Å². The molecule has 0 spiro atoms. The molecule has 0 fully saturated rings. The molecule has 0 unspecified atom stereocenters. The second kappa shape index (κ2) is 4.51. The summed E-state index contributed by atoms with van der Waals surface area (Å²) in [5.41, 5.74) is 7.80. The van der Waals surface area contributed by atoms with Gasteiger partial charge in [0.1, 0.15) is 5.82 Å². The van der Waals surface area contributed by atoms with Crippen molar-refractivity contribution >= 4 is 44.5 Å². The third kappa shape index (κ3) is 1.99. The third-order valence-electron chi connectivity index (χ3n) is 2.82. The van der Waals surface area contributed by atoms with E-state index in [1.54, 1.807) is 16.7 Å². The number of fused-ring (bicyclic) bond motifs is 1. The molecule has 1 heterocycles. The average molecular weight is 341 g/mol. The molecular formula is C13H8BrClFN3. The summed E-state index contributed by atoms with van der Waals surface area (Å²) in [6, 6.07) is 10.3. The summed E-state index contributed by atoms with van der Waals surface area (Å²) < 4.78 is 15.6. The van der Waals surface area contributed by atoms with Crippen LogP contribution in [0.1, 0.15) is 0 Å². The van der Waals surface area contributed by atoms with E-state index in [0.717, 1.165) is 0 Å². The first kappa shape index (κ1) is 12.4. The van der Waals surface area contributed by atoms with Crippen LogP contribution in [0.2, 0.25) is 5.02 Å². The van der Waals surface area contributed by atoms with Crippen molar-refractivity contribution in [3.05, 3.63) is 51.7 Å². The Hall–Kier alpha value is -1.59. The molecule has 3 rings (SSSR count). The summed E-state index contributed by atoms with van der Waals surface area (Å²) in [7, 11) is 0. The van der Waals surface area contributed by atoms with Gasteiger partial charge >= 0.3 is 0 Å². The number of imidazole rings is 1. The van der Waals surface area contributed by atoms with Crippen LogP contribution in [-0.4, -0.2) is 9.55 Å². The molecule has 0 atom stereocenters. The Kier molecular flexibility index (Phi) is 2.95. The highest BCUT2D eigenvalue weighted by molar-refractivity contribution is 9.10. The maximum Gasteiger partial charge on any atom is 0.205 e.